The van der Waals surface area contributed by atoms with E-state index in [-0.39, 0.29) is 5.91 Å². The van der Waals surface area contributed by atoms with Gasteiger partial charge in [0.25, 0.3) is 0 Å². The van der Waals surface area contributed by atoms with Crippen molar-refractivity contribution in [2.45, 2.75) is 13.3 Å². The van der Waals surface area contributed by atoms with Crippen molar-refractivity contribution in [2.24, 2.45) is 0 Å². The van der Waals surface area contributed by atoms with Gasteiger partial charge in [-0.1, -0.05) is 19.1 Å². The second-order valence-corrected chi connectivity index (χ2v) is 5.75. The highest BCUT2D eigenvalue weighted by atomic mass is 16.5. The molecular formula is C20H21N5O2. The van der Waals surface area contributed by atoms with Crippen LogP contribution in [0.25, 0.3) is 0 Å². The number of hydrogen-bond acceptors (Lipinski definition) is 6. The van der Waals surface area contributed by atoms with Crippen LogP contribution in [0.5, 0.6) is 5.75 Å². The maximum Gasteiger partial charge on any atom is 0.224 e. The highest BCUT2D eigenvalue weighted by Gasteiger charge is 2.04. The fourth-order valence-electron chi connectivity index (χ4n) is 2.41. The number of hydrogen-bond donors (Lipinski definition) is 3. The van der Waals surface area contributed by atoms with Crippen LogP contribution in [0.4, 0.5) is 28.7 Å². The minimum Gasteiger partial charge on any atom is -0.497 e. The van der Waals surface area contributed by atoms with E-state index in [0.717, 1.165) is 22.8 Å². The van der Waals surface area contributed by atoms with Crippen molar-refractivity contribution in [3.8, 4) is 5.75 Å². The molecule has 0 aliphatic carbocycles. The van der Waals surface area contributed by atoms with Crippen LogP contribution in [0.3, 0.4) is 0 Å². The molecule has 0 aliphatic rings. The van der Waals surface area contributed by atoms with Crippen molar-refractivity contribution in [1.82, 2.24) is 9.97 Å². The molecule has 27 heavy (non-hydrogen) atoms. The molecule has 7 nitrogen and oxygen atoms in total. The van der Waals surface area contributed by atoms with Crippen molar-refractivity contribution in [2.75, 3.05) is 23.1 Å². The average molecular weight is 363 g/mol. The summed E-state index contributed by atoms with van der Waals surface area (Å²) in [6.45, 7) is 1.81. The summed E-state index contributed by atoms with van der Waals surface area (Å²) in [7, 11) is 1.63. The van der Waals surface area contributed by atoms with Gasteiger partial charge < -0.3 is 20.7 Å². The smallest absolute Gasteiger partial charge is 0.224 e. The molecule has 0 aliphatic heterocycles. The third-order valence-electron chi connectivity index (χ3n) is 3.75. The van der Waals surface area contributed by atoms with Gasteiger partial charge in [0.15, 0.2) is 0 Å². The van der Waals surface area contributed by atoms with E-state index in [1.807, 2.05) is 55.5 Å². The molecule has 0 fully saturated rings. The number of amides is 1. The second kappa shape index (κ2) is 8.66. The number of ether oxygens (including phenoxy) is 1. The number of carbonyl (C=O) groups is 1. The summed E-state index contributed by atoms with van der Waals surface area (Å²) in [5, 5.41) is 9.28. The number of nitrogens with one attached hydrogen (secondary N) is 3. The Morgan fingerprint density at radius 2 is 1.56 bits per heavy atom. The van der Waals surface area contributed by atoms with Gasteiger partial charge in [-0.3, -0.25) is 4.79 Å². The van der Waals surface area contributed by atoms with Crippen molar-refractivity contribution in [3.05, 3.63) is 60.9 Å². The Balaban J connectivity index is 1.72. The lowest BCUT2D eigenvalue weighted by Gasteiger charge is -2.11. The van der Waals surface area contributed by atoms with E-state index in [4.69, 9.17) is 4.74 Å². The summed E-state index contributed by atoms with van der Waals surface area (Å²) in [5.74, 6) is 2.02. The van der Waals surface area contributed by atoms with Crippen LogP contribution in [-0.2, 0) is 4.79 Å². The highest BCUT2D eigenvalue weighted by Crippen LogP contribution is 2.23. The first kappa shape index (κ1) is 18.2. The Labute approximate surface area is 157 Å². The van der Waals surface area contributed by atoms with Crippen LogP contribution in [0.1, 0.15) is 13.3 Å². The van der Waals surface area contributed by atoms with Crippen molar-refractivity contribution >= 4 is 34.6 Å². The van der Waals surface area contributed by atoms with Crippen LogP contribution < -0.4 is 20.7 Å². The van der Waals surface area contributed by atoms with E-state index in [2.05, 4.69) is 25.9 Å². The Morgan fingerprint density at radius 3 is 2.22 bits per heavy atom. The fraction of sp³-hybridized carbons (Fsp3) is 0.150. The molecule has 0 bridgehead atoms. The monoisotopic (exact) mass is 363 g/mol. The summed E-state index contributed by atoms with van der Waals surface area (Å²) in [6.07, 6.45) is 1.91. The SMILES string of the molecule is CCC(=O)Nc1cccc(Nc2cc(Nc3cccc(OC)c3)ncn2)c1. The number of rotatable bonds is 7. The molecule has 0 spiro atoms. The molecule has 3 N–H and O–H groups in total. The largest absolute Gasteiger partial charge is 0.497 e. The first-order valence-electron chi connectivity index (χ1n) is 8.56. The van der Waals surface area contributed by atoms with Gasteiger partial charge in [-0.2, -0.15) is 0 Å². The zero-order chi connectivity index (χ0) is 19.1. The van der Waals surface area contributed by atoms with Crippen LogP contribution in [0.15, 0.2) is 60.9 Å². The number of benzene rings is 2. The number of nitrogens with zero attached hydrogens (tertiary/aromatic N) is 2. The molecule has 0 saturated heterocycles. The maximum absolute atomic E-state index is 11.5. The highest BCUT2D eigenvalue weighted by molar-refractivity contribution is 5.91. The Kier molecular flexibility index (Phi) is 5.84. The predicted molar refractivity (Wildman–Crippen MR) is 107 cm³/mol. The lowest BCUT2D eigenvalue weighted by Crippen LogP contribution is -2.09. The molecule has 3 aromatic rings. The predicted octanol–water partition coefficient (Wildman–Crippen LogP) is 4.32. The Morgan fingerprint density at radius 1 is 0.926 bits per heavy atom. The number of methoxy groups -OCH3 is 1. The molecule has 0 radical (unpaired) electrons. The standard InChI is InChI=1S/C20H21N5O2/c1-3-20(26)25-15-7-4-6-14(10-15)23-18-12-19(22-13-21-18)24-16-8-5-9-17(11-16)27-2/h4-13H,3H2,1-2H3,(H,25,26)(H2,21,22,23,24). The van der Waals surface area contributed by atoms with E-state index in [1.165, 1.54) is 6.33 Å². The summed E-state index contributed by atoms with van der Waals surface area (Å²) in [4.78, 5) is 20.0. The molecule has 138 valence electrons. The lowest BCUT2D eigenvalue weighted by molar-refractivity contribution is -0.115. The van der Waals surface area contributed by atoms with Crippen LogP contribution in [0.2, 0.25) is 0 Å². The molecule has 0 saturated carbocycles. The van der Waals surface area contributed by atoms with Gasteiger partial charge in [-0.25, -0.2) is 9.97 Å². The van der Waals surface area contributed by atoms with Crippen molar-refractivity contribution < 1.29 is 9.53 Å². The van der Waals surface area contributed by atoms with Gasteiger partial charge in [0.1, 0.15) is 23.7 Å². The van der Waals surface area contributed by atoms with Crippen molar-refractivity contribution in [3.63, 3.8) is 0 Å². The molecular weight excluding hydrogens is 342 g/mol. The molecule has 3 rings (SSSR count). The van der Waals surface area contributed by atoms with E-state index in [0.29, 0.717) is 18.1 Å². The third kappa shape index (κ3) is 5.18. The number of carbonyl (C=O) groups excluding carboxylic acids is 1. The minimum atomic E-state index is -0.0287. The first-order valence-corrected chi connectivity index (χ1v) is 8.56. The molecule has 1 amide bonds. The molecule has 7 heteroatoms. The average Bonchev–Trinajstić information content (AvgIpc) is 2.68. The van der Waals surface area contributed by atoms with Gasteiger partial charge in [0.05, 0.1) is 7.11 Å². The van der Waals surface area contributed by atoms with Crippen molar-refractivity contribution in [1.29, 1.82) is 0 Å². The summed E-state index contributed by atoms with van der Waals surface area (Å²) >= 11 is 0. The molecule has 0 unspecified atom stereocenters. The van der Waals surface area contributed by atoms with Crippen LogP contribution in [0, 0.1) is 0 Å². The van der Waals surface area contributed by atoms with Crippen LogP contribution in [-0.4, -0.2) is 23.0 Å². The van der Waals surface area contributed by atoms with E-state index in [1.54, 1.807) is 13.2 Å². The van der Waals surface area contributed by atoms with Gasteiger partial charge in [0, 0.05) is 35.6 Å². The quantitative estimate of drug-likeness (QED) is 0.579. The zero-order valence-electron chi connectivity index (χ0n) is 15.2. The molecule has 0 atom stereocenters. The van der Waals surface area contributed by atoms with Gasteiger partial charge in [-0.05, 0) is 30.3 Å². The Hall–Kier alpha value is -3.61. The normalized spacial score (nSPS) is 10.1. The summed E-state index contributed by atoms with van der Waals surface area (Å²) in [5.41, 5.74) is 2.41. The van der Waals surface area contributed by atoms with Gasteiger partial charge in [-0.15, -0.1) is 0 Å². The second-order valence-electron chi connectivity index (χ2n) is 5.75. The van der Waals surface area contributed by atoms with Gasteiger partial charge >= 0.3 is 0 Å². The van der Waals surface area contributed by atoms with Crippen LogP contribution >= 0.6 is 0 Å². The third-order valence-corrected chi connectivity index (χ3v) is 3.75. The fourth-order valence-corrected chi connectivity index (χ4v) is 2.41. The molecule has 1 aromatic heterocycles. The number of aromatic nitrogens is 2. The lowest BCUT2D eigenvalue weighted by atomic mass is 10.2. The number of anilines is 5. The topological polar surface area (TPSA) is 88.2 Å². The molecule has 1 heterocycles. The van der Waals surface area contributed by atoms with E-state index in [9.17, 15) is 4.79 Å². The van der Waals surface area contributed by atoms with E-state index >= 15 is 0 Å². The molecule has 2 aromatic carbocycles. The maximum atomic E-state index is 11.5. The summed E-state index contributed by atoms with van der Waals surface area (Å²) in [6, 6.07) is 16.9. The summed E-state index contributed by atoms with van der Waals surface area (Å²) < 4.78 is 5.23. The Bertz CT molecular complexity index is 930. The first-order chi connectivity index (χ1) is 13.2. The zero-order valence-corrected chi connectivity index (χ0v) is 15.2. The van der Waals surface area contributed by atoms with E-state index < -0.39 is 0 Å². The minimum absolute atomic E-state index is 0.0287. The van der Waals surface area contributed by atoms with Gasteiger partial charge in [0.2, 0.25) is 5.91 Å².